The third kappa shape index (κ3) is 4.72. The van der Waals surface area contributed by atoms with E-state index in [0.717, 1.165) is 19.4 Å². The molecular formula is C17H22BrNS. The smallest absolute Gasteiger partial charge is 0.0314 e. The Kier molecular flexibility index (Phi) is 6.27. The van der Waals surface area contributed by atoms with Gasteiger partial charge in [-0.3, -0.25) is 0 Å². The zero-order chi connectivity index (χ0) is 14.4. The molecule has 0 fully saturated rings. The molecular weight excluding hydrogens is 330 g/mol. The van der Waals surface area contributed by atoms with Crippen molar-refractivity contribution in [3.05, 3.63) is 56.2 Å². The van der Waals surface area contributed by atoms with Crippen LogP contribution in [0, 0.1) is 6.92 Å². The average Bonchev–Trinajstić information content (AvgIpc) is 2.84. The number of benzene rings is 1. The van der Waals surface area contributed by atoms with Crippen LogP contribution in [0.3, 0.4) is 0 Å². The maximum atomic E-state index is 3.63. The molecule has 0 aliphatic carbocycles. The first-order chi connectivity index (χ1) is 9.69. The van der Waals surface area contributed by atoms with Crippen LogP contribution >= 0.6 is 27.3 Å². The van der Waals surface area contributed by atoms with Crippen molar-refractivity contribution in [3.8, 4) is 0 Å². The number of aryl methyl sites for hydroxylation is 2. The van der Waals surface area contributed by atoms with Gasteiger partial charge in [-0.05, 0) is 65.7 Å². The van der Waals surface area contributed by atoms with Crippen LogP contribution in [0.4, 0.5) is 0 Å². The lowest BCUT2D eigenvalue weighted by molar-refractivity contribution is 0.493. The van der Waals surface area contributed by atoms with Crippen LogP contribution in [-0.4, -0.2) is 12.6 Å². The highest BCUT2D eigenvalue weighted by Gasteiger charge is 2.11. The van der Waals surface area contributed by atoms with E-state index in [9.17, 15) is 0 Å². The standard InChI is InChI=1S/C17H22BrNS/c1-3-19-15(12-17-16(18)10-11-20-17)9-8-14-6-4-13(2)5-7-14/h4-7,10-11,15,19H,3,8-9,12H2,1-2H3. The molecule has 3 heteroatoms. The van der Waals surface area contributed by atoms with Gasteiger partial charge < -0.3 is 5.32 Å². The fourth-order valence-corrected chi connectivity index (χ4v) is 3.95. The van der Waals surface area contributed by atoms with E-state index in [1.165, 1.54) is 26.9 Å². The third-order valence-electron chi connectivity index (χ3n) is 3.52. The van der Waals surface area contributed by atoms with Gasteiger partial charge in [0.15, 0.2) is 0 Å². The summed E-state index contributed by atoms with van der Waals surface area (Å²) in [6.07, 6.45) is 3.43. The summed E-state index contributed by atoms with van der Waals surface area (Å²) in [5, 5.41) is 5.77. The minimum absolute atomic E-state index is 0.552. The zero-order valence-electron chi connectivity index (χ0n) is 12.2. The number of nitrogens with one attached hydrogen (secondary N) is 1. The predicted molar refractivity (Wildman–Crippen MR) is 92.7 cm³/mol. The Labute approximate surface area is 134 Å². The van der Waals surface area contributed by atoms with Crippen molar-refractivity contribution in [3.63, 3.8) is 0 Å². The highest BCUT2D eigenvalue weighted by Crippen LogP contribution is 2.24. The van der Waals surface area contributed by atoms with Crippen LogP contribution < -0.4 is 5.32 Å². The molecule has 0 radical (unpaired) electrons. The summed E-state index contributed by atoms with van der Waals surface area (Å²) in [6, 6.07) is 11.6. The Hall–Kier alpha value is -0.640. The second-order valence-corrected chi connectivity index (χ2v) is 7.03. The topological polar surface area (TPSA) is 12.0 Å². The van der Waals surface area contributed by atoms with E-state index in [1.54, 1.807) is 0 Å². The maximum absolute atomic E-state index is 3.63. The summed E-state index contributed by atoms with van der Waals surface area (Å²) in [5.74, 6) is 0. The molecule has 1 nitrogen and oxygen atoms in total. The second-order valence-electron chi connectivity index (χ2n) is 5.17. The predicted octanol–water partition coefficient (Wildman–Crippen LogP) is 4.97. The number of likely N-dealkylation sites (N-methyl/N-ethyl adjacent to an activating group) is 1. The summed E-state index contributed by atoms with van der Waals surface area (Å²) in [4.78, 5) is 1.44. The molecule has 2 aromatic rings. The van der Waals surface area contributed by atoms with Crippen molar-refractivity contribution in [1.29, 1.82) is 0 Å². The Morgan fingerprint density at radius 2 is 1.95 bits per heavy atom. The monoisotopic (exact) mass is 351 g/mol. The Balaban J connectivity index is 1.92. The highest BCUT2D eigenvalue weighted by atomic mass is 79.9. The second kappa shape index (κ2) is 7.96. The van der Waals surface area contributed by atoms with Gasteiger partial charge >= 0.3 is 0 Å². The number of rotatable bonds is 7. The quantitative estimate of drug-likeness (QED) is 0.742. The lowest BCUT2D eigenvalue weighted by Crippen LogP contribution is -2.31. The van der Waals surface area contributed by atoms with E-state index in [2.05, 4.69) is 70.8 Å². The lowest BCUT2D eigenvalue weighted by Gasteiger charge is -2.17. The van der Waals surface area contributed by atoms with E-state index in [1.807, 2.05) is 11.3 Å². The normalized spacial score (nSPS) is 12.6. The average molecular weight is 352 g/mol. The molecule has 1 heterocycles. The maximum Gasteiger partial charge on any atom is 0.0314 e. The van der Waals surface area contributed by atoms with Crippen molar-refractivity contribution in [2.75, 3.05) is 6.54 Å². The van der Waals surface area contributed by atoms with E-state index in [-0.39, 0.29) is 0 Å². The molecule has 1 N–H and O–H groups in total. The number of hydrogen-bond donors (Lipinski definition) is 1. The first-order valence-electron chi connectivity index (χ1n) is 7.20. The molecule has 20 heavy (non-hydrogen) atoms. The van der Waals surface area contributed by atoms with Crippen LogP contribution in [0.2, 0.25) is 0 Å². The third-order valence-corrected chi connectivity index (χ3v) is 5.47. The molecule has 0 aliphatic heterocycles. The number of halogens is 1. The van der Waals surface area contributed by atoms with Gasteiger partial charge in [0.2, 0.25) is 0 Å². The molecule has 1 aromatic carbocycles. The molecule has 0 bridgehead atoms. The van der Waals surface area contributed by atoms with Crippen LogP contribution in [0.15, 0.2) is 40.2 Å². The molecule has 1 unspecified atom stereocenters. The van der Waals surface area contributed by atoms with Crippen molar-refractivity contribution in [1.82, 2.24) is 5.32 Å². The summed E-state index contributed by atoms with van der Waals surface area (Å²) in [7, 11) is 0. The van der Waals surface area contributed by atoms with Crippen LogP contribution in [0.1, 0.15) is 29.3 Å². The SMILES string of the molecule is CCNC(CCc1ccc(C)cc1)Cc1sccc1Br. The van der Waals surface area contributed by atoms with Crippen molar-refractivity contribution >= 4 is 27.3 Å². The molecule has 0 amide bonds. The van der Waals surface area contributed by atoms with E-state index in [4.69, 9.17) is 0 Å². The van der Waals surface area contributed by atoms with Gasteiger partial charge in [0.1, 0.15) is 0 Å². The summed E-state index contributed by atoms with van der Waals surface area (Å²) < 4.78 is 1.25. The fourth-order valence-electron chi connectivity index (χ4n) is 2.36. The largest absolute Gasteiger partial charge is 0.314 e. The Bertz CT molecular complexity index is 518. The molecule has 1 aromatic heterocycles. The number of hydrogen-bond acceptors (Lipinski definition) is 2. The highest BCUT2D eigenvalue weighted by molar-refractivity contribution is 9.10. The Morgan fingerprint density at radius 1 is 1.20 bits per heavy atom. The summed E-state index contributed by atoms with van der Waals surface area (Å²) in [5.41, 5.74) is 2.77. The van der Waals surface area contributed by atoms with Crippen LogP contribution in [0.5, 0.6) is 0 Å². The minimum atomic E-state index is 0.552. The lowest BCUT2D eigenvalue weighted by atomic mass is 10.0. The van der Waals surface area contributed by atoms with E-state index >= 15 is 0 Å². The van der Waals surface area contributed by atoms with Crippen LogP contribution in [0.25, 0.3) is 0 Å². The molecule has 0 saturated carbocycles. The molecule has 0 saturated heterocycles. The van der Waals surface area contributed by atoms with E-state index < -0.39 is 0 Å². The molecule has 0 aliphatic rings. The minimum Gasteiger partial charge on any atom is -0.314 e. The first kappa shape index (κ1) is 15.7. The van der Waals surface area contributed by atoms with E-state index in [0.29, 0.717) is 6.04 Å². The van der Waals surface area contributed by atoms with Gasteiger partial charge in [0, 0.05) is 15.4 Å². The van der Waals surface area contributed by atoms with Crippen molar-refractivity contribution in [2.45, 2.75) is 39.2 Å². The number of thiophene rings is 1. The van der Waals surface area contributed by atoms with Gasteiger partial charge in [-0.25, -0.2) is 0 Å². The van der Waals surface area contributed by atoms with Crippen molar-refractivity contribution in [2.24, 2.45) is 0 Å². The zero-order valence-corrected chi connectivity index (χ0v) is 14.6. The van der Waals surface area contributed by atoms with Gasteiger partial charge in [-0.15, -0.1) is 11.3 Å². The molecule has 108 valence electrons. The van der Waals surface area contributed by atoms with Gasteiger partial charge in [0.25, 0.3) is 0 Å². The van der Waals surface area contributed by atoms with Crippen LogP contribution in [-0.2, 0) is 12.8 Å². The first-order valence-corrected chi connectivity index (χ1v) is 8.87. The summed E-state index contributed by atoms with van der Waals surface area (Å²) in [6.45, 7) is 5.35. The van der Waals surface area contributed by atoms with Gasteiger partial charge in [-0.2, -0.15) is 0 Å². The molecule has 0 spiro atoms. The van der Waals surface area contributed by atoms with Gasteiger partial charge in [-0.1, -0.05) is 36.8 Å². The molecule has 2 rings (SSSR count). The van der Waals surface area contributed by atoms with Crippen molar-refractivity contribution < 1.29 is 0 Å². The summed E-state index contributed by atoms with van der Waals surface area (Å²) >= 11 is 5.47. The fraction of sp³-hybridized carbons (Fsp3) is 0.412. The Morgan fingerprint density at radius 3 is 2.55 bits per heavy atom. The van der Waals surface area contributed by atoms with Gasteiger partial charge in [0.05, 0.1) is 0 Å². The molecule has 1 atom stereocenters.